The van der Waals surface area contributed by atoms with E-state index in [4.69, 9.17) is 5.73 Å². The molecule has 1 unspecified atom stereocenters. The zero-order valence-electron chi connectivity index (χ0n) is 12.6. The molecule has 0 bridgehead atoms. The summed E-state index contributed by atoms with van der Waals surface area (Å²) in [5.41, 5.74) is 6.04. The first-order valence-electron chi connectivity index (χ1n) is 7.96. The summed E-state index contributed by atoms with van der Waals surface area (Å²) in [5.74, 6) is 6.01. The molecular weight excluding hydrogens is 218 g/mol. The van der Waals surface area contributed by atoms with Crippen molar-refractivity contribution in [1.29, 1.82) is 0 Å². The summed E-state index contributed by atoms with van der Waals surface area (Å²) in [6, 6.07) is 0.371. The van der Waals surface area contributed by atoms with E-state index in [9.17, 15) is 0 Å². The molecule has 0 aromatic heterocycles. The Balaban J connectivity index is 3.11. The summed E-state index contributed by atoms with van der Waals surface area (Å²) >= 11 is 0. The highest BCUT2D eigenvalue weighted by atomic mass is 14.6. The predicted molar refractivity (Wildman–Crippen MR) is 82.5 cm³/mol. The van der Waals surface area contributed by atoms with E-state index >= 15 is 0 Å². The lowest BCUT2D eigenvalue weighted by atomic mass is 10.0. The van der Waals surface area contributed by atoms with Crippen LogP contribution >= 0.6 is 0 Å². The Morgan fingerprint density at radius 1 is 0.833 bits per heavy atom. The molecule has 0 aliphatic carbocycles. The Labute approximate surface area is 115 Å². The summed E-state index contributed by atoms with van der Waals surface area (Å²) in [6.45, 7) is 4.17. The van der Waals surface area contributed by atoms with Crippen LogP contribution in [-0.4, -0.2) is 6.04 Å². The van der Waals surface area contributed by atoms with Crippen molar-refractivity contribution in [2.24, 2.45) is 5.73 Å². The Hall–Kier alpha value is -0.480. The van der Waals surface area contributed by atoms with Gasteiger partial charge in [0.1, 0.15) is 0 Å². The molecule has 0 aliphatic rings. The average molecular weight is 251 g/mol. The number of hydrogen-bond donors (Lipinski definition) is 1. The summed E-state index contributed by atoms with van der Waals surface area (Å²) in [7, 11) is 0. The number of nitrogens with two attached hydrogens (primary N) is 1. The van der Waals surface area contributed by atoms with E-state index in [1.165, 1.54) is 64.2 Å². The lowest BCUT2D eigenvalue weighted by Crippen LogP contribution is -2.19. The molecule has 1 atom stereocenters. The van der Waals surface area contributed by atoms with Gasteiger partial charge in [-0.05, 0) is 19.8 Å². The molecule has 0 saturated carbocycles. The molecule has 0 saturated heterocycles. The second kappa shape index (κ2) is 14.6. The molecule has 0 fully saturated rings. The maximum atomic E-state index is 6.04. The maximum Gasteiger partial charge on any atom is 0.0103 e. The third-order valence-electron chi connectivity index (χ3n) is 3.50. The van der Waals surface area contributed by atoms with Crippen LogP contribution in [0.4, 0.5) is 0 Å². The van der Waals surface area contributed by atoms with Crippen molar-refractivity contribution in [1.82, 2.24) is 0 Å². The van der Waals surface area contributed by atoms with Gasteiger partial charge in [-0.25, -0.2) is 0 Å². The van der Waals surface area contributed by atoms with Crippen molar-refractivity contribution < 1.29 is 0 Å². The van der Waals surface area contributed by atoms with Gasteiger partial charge < -0.3 is 5.73 Å². The molecule has 106 valence electrons. The predicted octanol–water partition coefficient (Wildman–Crippen LogP) is 5.04. The van der Waals surface area contributed by atoms with E-state index in [1.54, 1.807) is 0 Å². The fraction of sp³-hybridized carbons (Fsp3) is 0.882. The van der Waals surface area contributed by atoms with Gasteiger partial charge in [0.2, 0.25) is 0 Å². The fourth-order valence-corrected chi connectivity index (χ4v) is 2.24. The van der Waals surface area contributed by atoms with Crippen LogP contribution in [0.5, 0.6) is 0 Å². The lowest BCUT2D eigenvalue weighted by Gasteiger charge is -2.09. The lowest BCUT2D eigenvalue weighted by molar-refractivity contribution is 0.510. The average Bonchev–Trinajstić information content (AvgIpc) is 2.37. The molecular formula is C17H33N. The smallest absolute Gasteiger partial charge is 0.0103 e. The molecule has 0 heterocycles. The molecule has 0 aromatic rings. The monoisotopic (exact) mass is 251 g/mol. The molecule has 1 nitrogen and oxygen atoms in total. The third-order valence-corrected chi connectivity index (χ3v) is 3.50. The first-order chi connectivity index (χ1) is 8.81. The standard InChI is InChI=1S/C17H33N/c1-3-5-7-8-9-10-11-12-14-16-17(18)15-13-6-4-2/h17H,3,5,7-16,18H2,1-2H3. The van der Waals surface area contributed by atoms with E-state index in [2.05, 4.69) is 18.8 Å². The molecule has 0 rings (SSSR count). The zero-order valence-corrected chi connectivity index (χ0v) is 12.6. The highest BCUT2D eigenvalue weighted by Gasteiger charge is 2.00. The Morgan fingerprint density at radius 2 is 1.39 bits per heavy atom. The largest absolute Gasteiger partial charge is 0.328 e. The third kappa shape index (κ3) is 13.6. The van der Waals surface area contributed by atoms with Crippen molar-refractivity contribution in [3.05, 3.63) is 0 Å². The van der Waals surface area contributed by atoms with Crippen LogP contribution < -0.4 is 5.73 Å². The van der Waals surface area contributed by atoms with Crippen LogP contribution in [0.3, 0.4) is 0 Å². The summed E-state index contributed by atoms with van der Waals surface area (Å²) < 4.78 is 0. The highest BCUT2D eigenvalue weighted by molar-refractivity contribution is 4.95. The minimum atomic E-state index is 0.371. The summed E-state index contributed by atoms with van der Waals surface area (Å²) in [4.78, 5) is 0. The molecule has 0 radical (unpaired) electrons. The second-order valence-electron chi connectivity index (χ2n) is 5.34. The second-order valence-corrected chi connectivity index (χ2v) is 5.34. The Bertz CT molecular complexity index is 211. The number of hydrogen-bond acceptors (Lipinski definition) is 1. The van der Waals surface area contributed by atoms with Crippen LogP contribution in [-0.2, 0) is 0 Å². The molecule has 1 heteroatoms. The van der Waals surface area contributed by atoms with Crippen LogP contribution in [0.2, 0.25) is 0 Å². The number of unbranched alkanes of at least 4 members (excludes halogenated alkanes) is 8. The van der Waals surface area contributed by atoms with Crippen molar-refractivity contribution in [2.75, 3.05) is 0 Å². The zero-order chi connectivity index (χ0) is 13.5. The summed E-state index contributed by atoms with van der Waals surface area (Å²) in [6.07, 6.45) is 15.7. The van der Waals surface area contributed by atoms with Crippen molar-refractivity contribution in [3.8, 4) is 11.8 Å². The Morgan fingerprint density at radius 3 is 1.94 bits per heavy atom. The molecule has 0 amide bonds. The van der Waals surface area contributed by atoms with Gasteiger partial charge in [0, 0.05) is 12.5 Å². The first kappa shape index (κ1) is 17.5. The van der Waals surface area contributed by atoms with Crippen molar-refractivity contribution in [2.45, 2.75) is 96.9 Å². The van der Waals surface area contributed by atoms with E-state index in [0.717, 1.165) is 12.8 Å². The van der Waals surface area contributed by atoms with Gasteiger partial charge in [-0.2, -0.15) is 0 Å². The van der Waals surface area contributed by atoms with Gasteiger partial charge in [-0.1, -0.05) is 64.7 Å². The van der Waals surface area contributed by atoms with E-state index in [1.807, 2.05) is 6.92 Å². The van der Waals surface area contributed by atoms with Crippen LogP contribution in [0.25, 0.3) is 0 Å². The van der Waals surface area contributed by atoms with E-state index < -0.39 is 0 Å². The normalized spacial score (nSPS) is 11.9. The molecule has 18 heavy (non-hydrogen) atoms. The van der Waals surface area contributed by atoms with E-state index in [-0.39, 0.29) is 0 Å². The number of rotatable bonds is 12. The van der Waals surface area contributed by atoms with Gasteiger partial charge >= 0.3 is 0 Å². The van der Waals surface area contributed by atoms with Crippen LogP contribution in [0, 0.1) is 11.8 Å². The van der Waals surface area contributed by atoms with Crippen molar-refractivity contribution >= 4 is 0 Å². The Kier molecular flexibility index (Phi) is 14.2. The molecule has 0 aliphatic heterocycles. The van der Waals surface area contributed by atoms with Gasteiger partial charge in [-0.15, -0.1) is 11.8 Å². The SMILES string of the molecule is CC#CCCC(N)CCCCCCCCCCC. The quantitative estimate of drug-likeness (QED) is 0.382. The fourth-order valence-electron chi connectivity index (χ4n) is 2.24. The first-order valence-corrected chi connectivity index (χ1v) is 7.96. The van der Waals surface area contributed by atoms with Gasteiger partial charge in [-0.3, -0.25) is 0 Å². The minimum absolute atomic E-state index is 0.371. The van der Waals surface area contributed by atoms with Gasteiger partial charge in [0.05, 0.1) is 0 Å². The maximum absolute atomic E-state index is 6.04. The minimum Gasteiger partial charge on any atom is -0.328 e. The molecule has 0 spiro atoms. The van der Waals surface area contributed by atoms with Gasteiger partial charge in [0.15, 0.2) is 0 Å². The molecule has 0 aromatic carbocycles. The van der Waals surface area contributed by atoms with Gasteiger partial charge in [0.25, 0.3) is 0 Å². The highest BCUT2D eigenvalue weighted by Crippen LogP contribution is 2.12. The van der Waals surface area contributed by atoms with Crippen LogP contribution in [0.15, 0.2) is 0 Å². The topological polar surface area (TPSA) is 26.0 Å². The van der Waals surface area contributed by atoms with E-state index in [0.29, 0.717) is 6.04 Å². The van der Waals surface area contributed by atoms with Crippen LogP contribution in [0.1, 0.15) is 90.9 Å². The summed E-state index contributed by atoms with van der Waals surface area (Å²) in [5, 5.41) is 0. The van der Waals surface area contributed by atoms with Crippen molar-refractivity contribution in [3.63, 3.8) is 0 Å². The molecule has 2 N–H and O–H groups in total.